The number of aliphatic imine (C=N–C) groups is 1. The molecule has 1 aromatic carbocycles. The highest BCUT2D eigenvalue weighted by Crippen LogP contribution is 2.19. The summed E-state index contributed by atoms with van der Waals surface area (Å²) in [7, 11) is 0. The van der Waals surface area contributed by atoms with E-state index in [1.165, 1.54) is 12.1 Å². The van der Waals surface area contributed by atoms with Gasteiger partial charge in [-0.05, 0) is 24.6 Å². The summed E-state index contributed by atoms with van der Waals surface area (Å²) in [6, 6.07) is 6.40. The van der Waals surface area contributed by atoms with Crippen molar-refractivity contribution in [2.75, 3.05) is 6.54 Å². The maximum absolute atomic E-state index is 13.2. The minimum Gasteiger partial charge on any atom is -0.357 e. The highest BCUT2D eigenvalue weighted by molar-refractivity contribution is 14.0. The molecular weight excluding hydrogens is 436 g/mol. The van der Waals surface area contributed by atoms with Gasteiger partial charge in [-0.15, -0.1) is 24.0 Å². The fourth-order valence-corrected chi connectivity index (χ4v) is 1.94. The molecule has 0 aliphatic carbocycles. The zero-order chi connectivity index (χ0) is 17.6. The predicted molar refractivity (Wildman–Crippen MR) is 106 cm³/mol. The number of aromatic nitrogens is 2. The summed E-state index contributed by atoms with van der Waals surface area (Å²) in [5.41, 5.74) is 0.628. The first-order valence-electron chi connectivity index (χ1n) is 7.98. The molecule has 8 heteroatoms. The van der Waals surface area contributed by atoms with Gasteiger partial charge in [-0.1, -0.05) is 38.1 Å². The van der Waals surface area contributed by atoms with Gasteiger partial charge in [-0.2, -0.15) is 4.98 Å². The number of rotatable bonds is 5. The van der Waals surface area contributed by atoms with E-state index in [0.29, 0.717) is 37.3 Å². The molecule has 0 amide bonds. The molecule has 0 spiro atoms. The third-order valence-corrected chi connectivity index (χ3v) is 3.18. The maximum atomic E-state index is 13.2. The van der Waals surface area contributed by atoms with Crippen LogP contribution < -0.4 is 10.6 Å². The van der Waals surface area contributed by atoms with E-state index in [-0.39, 0.29) is 35.2 Å². The highest BCUT2D eigenvalue weighted by Gasteiger charge is 2.21. The standard InChI is InChI=1S/C17H24FN5O.HI/c1-5-19-16(20-10-12-7-6-8-13(18)9-12)21-11-14-22-15(24-23-14)17(2,3)4;/h6-9H,5,10-11H2,1-4H3,(H2,19,20,21);1H. The Morgan fingerprint density at radius 1 is 1.28 bits per heavy atom. The minimum absolute atomic E-state index is 0. The van der Waals surface area contributed by atoms with Crippen LogP contribution in [-0.2, 0) is 18.5 Å². The van der Waals surface area contributed by atoms with Gasteiger partial charge in [0.25, 0.3) is 0 Å². The quantitative estimate of drug-likeness (QED) is 0.406. The van der Waals surface area contributed by atoms with Crippen molar-refractivity contribution in [1.82, 2.24) is 20.8 Å². The van der Waals surface area contributed by atoms with Crippen LogP contribution in [0, 0.1) is 5.82 Å². The predicted octanol–water partition coefficient (Wildman–Crippen LogP) is 3.38. The van der Waals surface area contributed by atoms with Crippen LogP contribution in [0.4, 0.5) is 4.39 Å². The van der Waals surface area contributed by atoms with Crippen molar-refractivity contribution < 1.29 is 8.91 Å². The van der Waals surface area contributed by atoms with Crippen molar-refractivity contribution in [3.63, 3.8) is 0 Å². The monoisotopic (exact) mass is 461 g/mol. The summed E-state index contributed by atoms with van der Waals surface area (Å²) >= 11 is 0. The Balaban J connectivity index is 0.00000312. The smallest absolute Gasteiger partial charge is 0.232 e. The number of benzene rings is 1. The zero-order valence-corrected chi connectivity index (χ0v) is 17.3. The molecule has 0 saturated carbocycles. The van der Waals surface area contributed by atoms with Gasteiger partial charge in [-0.3, -0.25) is 0 Å². The summed E-state index contributed by atoms with van der Waals surface area (Å²) in [6.07, 6.45) is 0. The molecule has 1 aromatic heterocycles. The third kappa shape index (κ3) is 6.97. The second-order valence-corrected chi connectivity index (χ2v) is 6.44. The topological polar surface area (TPSA) is 75.3 Å². The SMILES string of the molecule is CCNC(=NCc1cccc(F)c1)NCc1noc(C(C)(C)C)n1.I. The summed E-state index contributed by atoms with van der Waals surface area (Å²) in [5.74, 6) is 1.52. The van der Waals surface area contributed by atoms with Gasteiger partial charge < -0.3 is 15.2 Å². The lowest BCUT2D eigenvalue weighted by Gasteiger charge is -2.11. The summed E-state index contributed by atoms with van der Waals surface area (Å²) in [6.45, 7) is 9.52. The van der Waals surface area contributed by atoms with Gasteiger partial charge in [0.15, 0.2) is 11.8 Å². The summed E-state index contributed by atoms with van der Waals surface area (Å²) in [4.78, 5) is 8.81. The average molecular weight is 461 g/mol. The van der Waals surface area contributed by atoms with E-state index >= 15 is 0 Å². The Bertz CT molecular complexity index is 696. The molecule has 0 saturated heterocycles. The van der Waals surface area contributed by atoms with Crippen LogP contribution in [0.5, 0.6) is 0 Å². The first-order valence-corrected chi connectivity index (χ1v) is 7.98. The van der Waals surface area contributed by atoms with E-state index in [0.717, 1.165) is 5.56 Å². The number of hydrogen-bond donors (Lipinski definition) is 2. The van der Waals surface area contributed by atoms with Crippen LogP contribution in [0.25, 0.3) is 0 Å². The molecule has 2 N–H and O–H groups in total. The number of nitrogens with one attached hydrogen (secondary N) is 2. The van der Waals surface area contributed by atoms with E-state index in [4.69, 9.17) is 4.52 Å². The second kappa shape index (κ2) is 9.69. The molecule has 0 fully saturated rings. The molecule has 0 radical (unpaired) electrons. The summed E-state index contributed by atoms with van der Waals surface area (Å²) < 4.78 is 18.5. The molecular formula is C17H25FIN5O. The van der Waals surface area contributed by atoms with Crippen LogP contribution in [0.15, 0.2) is 33.8 Å². The highest BCUT2D eigenvalue weighted by atomic mass is 127. The lowest BCUT2D eigenvalue weighted by Crippen LogP contribution is -2.37. The van der Waals surface area contributed by atoms with Gasteiger partial charge in [0.1, 0.15) is 5.82 Å². The molecule has 1 heterocycles. The molecule has 0 atom stereocenters. The third-order valence-electron chi connectivity index (χ3n) is 3.18. The molecule has 0 aliphatic heterocycles. The molecule has 2 rings (SSSR count). The Morgan fingerprint density at radius 3 is 2.64 bits per heavy atom. The van der Waals surface area contributed by atoms with Crippen molar-refractivity contribution in [3.05, 3.63) is 47.4 Å². The number of nitrogens with zero attached hydrogens (tertiary/aromatic N) is 3. The van der Waals surface area contributed by atoms with Gasteiger partial charge in [-0.25, -0.2) is 9.38 Å². The Labute approximate surface area is 164 Å². The van der Waals surface area contributed by atoms with Crippen molar-refractivity contribution in [1.29, 1.82) is 0 Å². The number of hydrogen-bond acceptors (Lipinski definition) is 4. The molecule has 0 aliphatic rings. The van der Waals surface area contributed by atoms with Crippen molar-refractivity contribution in [2.24, 2.45) is 4.99 Å². The Hall–Kier alpha value is -1.71. The lowest BCUT2D eigenvalue weighted by molar-refractivity contribution is 0.318. The van der Waals surface area contributed by atoms with Gasteiger partial charge >= 0.3 is 0 Å². The number of guanidine groups is 1. The van der Waals surface area contributed by atoms with Crippen LogP contribution in [0.3, 0.4) is 0 Å². The van der Waals surface area contributed by atoms with Gasteiger partial charge in [0, 0.05) is 12.0 Å². The first kappa shape index (κ1) is 21.3. The summed E-state index contributed by atoms with van der Waals surface area (Å²) in [5, 5.41) is 10.2. The van der Waals surface area contributed by atoms with Crippen molar-refractivity contribution in [2.45, 2.75) is 46.2 Å². The largest absolute Gasteiger partial charge is 0.357 e. The molecule has 6 nitrogen and oxygen atoms in total. The van der Waals surface area contributed by atoms with E-state index in [1.807, 2.05) is 33.8 Å². The molecule has 2 aromatic rings. The normalized spacial score (nSPS) is 11.8. The Kier molecular flexibility index (Phi) is 8.27. The van der Waals surface area contributed by atoms with Crippen molar-refractivity contribution >= 4 is 29.9 Å². The molecule has 0 bridgehead atoms. The van der Waals surface area contributed by atoms with E-state index in [2.05, 4.69) is 25.8 Å². The maximum Gasteiger partial charge on any atom is 0.232 e. The minimum atomic E-state index is -0.262. The Morgan fingerprint density at radius 2 is 2.04 bits per heavy atom. The van der Waals surface area contributed by atoms with E-state index in [9.17, 15) is 4.39 Å². The van der Waals surface area contributed by atoms with Gasteiger partial charge in [0.05, 0.1) is 13.1 Å². The fourth-order valence-electron chi connectivity index (χ4n) is 1.94. The average Bonchev–Trinajstić information content (AvgIpc) is 2.99. The zero-order valence-electron chi connectivity index (χ0n) is 15.0. The van der Waals surface area contributed by atoms with Gasteiger partial charge in [0.2, 0.25) is 5.89 Å². The van der Waals surface area contributed by atoms with Crippen LogP contribution in [0.1, 0.15) is 45.0 Å². The van der Waals surface area contributed by atoms with E-state index in [1.54, 1.807) is 6.07 Å². The van der Waals surface area contributed by atoms with E-state index < -0.39 is 0 Å². The number of halogens is 2. The van der Waals surface area contributed by atoms with Crippen LogP contribution in [-0.4, -0.2) is 22.6 Å². The second-order valence-electron chi connectivity index (χ2n) is 6.44. The lowest BCUT2D eigenvalue weighted by atomic mass is 9.97. The molecule has 25 heavy (non-hydrogen) atoms. The van der Waals surface area contributed by atoms with Crippen molar-refractivity contribution in [3.8, 4) is 0 Å². The molecule has 138 valence electrons. The van der Waals surface area contributed by atoms with Crippen LogP contribution >= 0.6 is 24.0 Å². The molecule has 0 unspecified atom stereocenters. The van der Waals surface area contributed by atoms with Crippen LogP contribution in [0.2, 0.25) is 0 Å². The fraction of sp³-hybridized carbons (Fsp3) is 0.471. The first-order chi connectivity index (χ1) is 11.4.